The van der Waals surface area contributed by atoms with Crippen LogP contribution < -0.4 is 10.1 Å². The van der Waals surface area contributed by atoms with E-state index in [-0.39, 0.29) is 5.91 Å². The van der Waals surface area contributed by atoms with Gasteiger partial charge in [0.05, 0.1) is 24.1 Å². The number of ether oxygens (including phenoxy) is 1. The van der Waals surface area contributed by atoms with Gasteiger partial charge in [-0.1, -0.05) is 6.42 Å². The summed E-state index contributed by atoms with van der Waals surface area (Å²) in [5.74, 6) is 0.549. The molecule has 0 radical (unpaired) electrons. The highest BCUT2D eigenvalue weighted by Crippen LogP contribution is 2.32. The molecule has 1 aliphatic carbocycles. The van der Waals surface area contributed by atoms with Crippen LogP contribution in [0.5, 0.6) is 5.75 Å². The highest BCUT2D eigenvalue weighted by atomic mass is 16.5. The fraction of sp³-hybridized carbons (Fsp3) is 0.412. The number of carbonyl (C=O) groups excluding carboxylic acids is 1. The summed E-state index contributed by atoms with van der Waals surface area (Å²) < 4.78 is 5.46. The number of fused-ring (bicyclic) bond motifs is 1. The number of H-pyrrole nitrogens is 1. The van der Waals surface area contributed by atoms with Gasteiger partial charge in [-0.05, 0) is 55.9 Å². The molecular formula is C17H21N3O2. The van der Waals surface area contributed by atoms with Crippen LogP contribution in [0.1, 0.15) is 46.4 Å². The van der Waals surface area contributed by atoms with Gasteiger partial charge < -0.3 is 10.1 Å². The van der Waals surface area contributed by atoms with Gasteiger partial charge in [0.15, 0.2) is 0 Å². The minimum Gasteiger partial charge on any atom is -0.495 e. The Morgan fingerprint density at radius 3 is 2.59 bits per heavy atom. The van der Waals surface area contributed by atoms with Crippen molar-refractivity contribution in [2.75, 3.05) is 12.4 Å². The van der Waals surface area contributed by atoms with Crippen molar-refractivity contribution in [1.29, 1.82) is 0 Å². The molecule has 2 N–H and O–H groups in total. The number of aryl methyl sites for hydroxylation is 3. The minimum absolute atomic E-state index is 0.168. The van der Waals surface area contributed by atoms with Gasteiger partial charge in [-0.15, -0.1) is 0 Å². The average molecular weight is 299 g/mol. The molecule has 1 aliphatic rings. The maximum absolute atomic E-state index is 12.4. The zero-order chi connectivity index (χ0) is 15.5. The van der Waals surface area contributed by atoms with Crippen molar-refractivity contribution in [1.82, 2.24) is 10.2 Å². The van der Waals surface area contributed by atoms with Gasteiger partial charge >= 0.3 is 0 Å². The van der Waals surface area contributed by atoms with Gasteiger partial charge in [0.25, 0.3) is 5.91 Å². The number of nitrogens with one attached hydrogen (secondary N) is 2. The zero-order valence-electron chi connectivity index (χ0n) is 13.0. The SMILES string of the molecule is COc1cc2c(cc1NC(=O)c1c[nH]nc1C)CCCCC2. The number of hydrogen-bond acceptors (Lipinski definition) is 3. The third-order valence-electron chi connectivity index (χ3n) is 4.24. The predicted molar refractivity (Wildman–Crippen MR) is 85.5 cm³/mol. The van der Waals surface area contributed by atoms with Crippen molar-refractivity contribution in [3.63, 3.8) is 0 Å². The van der Waals surface area contributed by atoms with E-state index in [4.69, 9.17) is 4.74 Å². The molecule has 0 atom stereocenters. The summed E-state index contributed by atoms with van der Waals surface area (Å²) in [4.78, 5) is 12.4. The molecule has 5 heteroatoms. The molecule has 2 aromatic rings. The molecule has 0 aliphatic heterocycles. The van der Waals surface area contributed by atoms with E-state index >= 15 is 0 Å². The predicted octanol–water partition coefficient (Wildman–Crippen LogP) is 3.25. The monoisotopic (exact) mass is 299 g/mol. The van der Waals surface area contributed by atoms with Crippen LogP contribution in [0.2, 0.25) is 0 Å². The van der Waals surface area contributed by atoms with Crippen LogP contribution in [-0.2, 0) is 12.8 Å². The first-order valence-corrected chi connectivity index (χ1v) is 7.70. The molecule has 1 amide bonds. The van der Waals surface area contributed by atoms with Crippen LogP contribution >= 0.6 is 0 Å². The second kappa shape index (κ2) is 6.22. The number of anilines is 1. The van der Waals surface area contributed by atoms with E-state index in [1.54, 1.807) is 20.2 Å². The molecule has 1 aromatic carbocycles. The summed E-state index contributed by atoms with van der Waals surface area (Å²) in [7, 11) is 1.64. The van der Waals surface area contributed by atoms with E-state index in [0.29, 0.717) is 11.3 Å². The second-order valence-electron chi connectivity index (χ2n) is 5.72. The lowest BCUT2D eigenvalue weighted by molar-refractivity contribution is 0.102. The van der Waals surface area contributed by atoms with Crippen LogP contribution in [0.15, 0.2) is 18.3 Å². The van der Waals surface area contributed by atoms with Gasteiger partial charge in [0, 0.05) is 6.20 Å². The molecule has 0 saturated heterocycles. The second-order valence-corrected chi connectivity index (χ2v) is 5.72. The van der Waals surface area contributed by atoms with Crippen LogP contribution in [0.25, 0.3) is 0 Å². The number of carbonyl (C=O) groups is 1. The Morgan fingerprint density at radius 2 is 1.95 bits per heavy atom. The highest BCUT2D eigenvalue weighted by molar-refractivity contribution is 6.05. The first-order valence-electron chi connectivity index (χ1n) is 7.70. The van der Waals surface area contributed by atoms with Gasteiger partial charge in [-0.25, -0.2) is 0 Å². The van der Waals surface area contributed by atoms with E-state index in [9.17, 15) is 4.79 Å². The Bertz CT molecular complexity index is 691. The van der Waals surface area contributed by atoms with Crippen molar-refractivity contribution in [3.05, 3.63) is 40.7 Å². The number of nitrogens with zero attached hydrogens (tertiary/aromatic N) is 1. The summed E-state index contributed by atoms with van der Waals surface area (Å²) in [6.07, 6.45) is 7.44. The highest BCUT2D eigenvalue weighted by Gasteiger charge is 2.17. The molecule has 0 saturated carbocycles. The molecule has 1 heterocycles. The number of methoxy groups -OCH3 is 1. The molecule has 116 valence electrons. The summed E-state index contributed by atoms with van der Waals surface area (Å²) in [6, 6.07) is 4.13. The normalized spacial score (nSPS) is 14.1. The molecule has 0 spiro atoms. The van der Waals surface area contributed by atoms with Crippen molar-refractivity contribution in [2.45, 2.75) is 39.0 Å². The summed E-state index contributed by atoms with van der Waals surface area (Å²) in [6.45, 7) is 1.81. The Hall–Kier alpha value is -2.30. The fourth-order valence-corrected chi connectivity index (χ4v) is 2.98. The van der Waals surface area contributed by atoms with Crippen LogP contribution in [-0.4, -0.2) is 23.2 Å². The number of hydrogen-bond donors (Lipinski definition) is 2. The van der Waals surface area contributed by atoms with Crippen LogP contribution in [0.4, 0.5) is 5.69 Å². The number of aromatic amines is 1. The van der Waals surface area contributed by atoms with E-state index in [1.807, 2.05) is 0 Å². The molecule has 1 aromatic heterocycles. The number of benzene rings is 1. The van der Waals surface area contributed by atoms with Gasteiger partial charge in [-0.3, -0.25) is 9.89 Å². The number of aromatic nitrogens is 2. The largest absolute Gasteiger partial charge is 0.495 e. The van der Waals surface area contributed by atoms with E-state index < -0.39 is 0 Å². The van der Waals surface area contributed by atoms with Gasteiger partial charge in [0.1, 0.15) is 5.75 Å². The fourth-order valence-electron chi connectivity index (χ4n) is 2.98. The van der Waals surface area contributed by atoms with Crippen molar-refractivity contribution >= 4 is 11.6 Å². The molecular weight excluding hydrogens is 278 g/mol. The van der Waals surface area contributed by atoms with E-state index in [2.05, 4.69) is 27.6 Å². The molecule has 0 bridgehead atoms. The zero-order valence-corrected chi connectivity index (χ0v) is 13.0. The summed E-state index contributed by atoms with van der Waals surface area (Å²) in [5.41, 5.74) is 4.63. The first kappa shape index (κ1) is 14.6. The Kier molecular flexibility index (Phi) is 4.13. The van der Waals surface area contributed by atoms with Crippen molar-refractivity contribution < 1.29 is 9.53 Å². The topological polar surface area (TPSA) is 67.0 Å². The molecule has 0 unspecified atom stereocenters. The smallest absolute Gasteiger partial charge is 0.259 e. The van der Waals surface area contributed by atoms with E-state index in [1.165, 1.54) is 30.4 Å². The standard InChI is InChI=1S/C17H21N3O2/c1-11-14(10-18-20-11)17(21)19-15-8-12-6-4-3-5-7-13(12)9-16(15)22-2/h8-10H,3-7H2,1-2H3,(H,18,20)(H,19,21). The number of rotatable bonds is 3. The maximum Gasteiger partial charge on any atom is 0.259 e. The molecule has 3 rings (SSSR count). The van der Waals surface area contributed by atoms with Gasteiger partial charge in [-0.2, -0.15) is 5.10 Å². The molecule has 22 heavy (non-hydrogen) atoms. The lowest BCUT2D eigenvalue weighted by Crippen LogP contribution is -2.13. The number of amides is 1. The van der Waals surface area contributed by atoms with E-state index in [0.717, 1.165) is 24.3 Å². The third kappa shape index (κ3) is 2.84. The Labute approximate surface area is 130 Å². The summed E-state index contributed by atoms with van der Waals surface area (Å²) >= 11 is 0. The minimum atomic E-state index is -0.168. The first-order chi connectivity index (χ1) is 10.7. The maximum atomic E-state index is 12.4. The van der Waals surface area contributed by atoms with Crippen LogP contribution in [0, 0.1) is 6.92 Å². The Morgan fingerprint density at radius 1 is 1.23 bits per heavy atom. The van der Waals surface area contributed by atoms with Crippen molar-refractivity contribution in [2.24, 2.45) is 0 Å². The Balaban J connectivity index is 1.91. The quantitative estimate of drug-likeness (QED) is 0.855. The van der Waals surface area contributed by atoms with Gasteiger partial charge in [0.2, 0.25) is 0 Å². The molecule has 0 fully saturated rings. The van der Waals surface area contributed by atoms with Crippen LogP contribution in [0.3, 0.4) is 0 Å². The lowest BCUT2D eigenvalue weighted by Gasteiger charge is -2.14. The summed E-state index contributed by atoms with van der Waals surface area (Å²) in [5, 5.41) is 9.65. The third-order valence-corrected chi connectivity index (χ3v) is 4.24. The van der Waals surface area contributed by atoms with Crippen molar-refractivity contribution in [3.8, 4) is 5.75 Å². The lowest BCUT2D eigenvalue weighted by atomic mass is 10.0. The average Bonchev–Trinajstić information content (AvgIpc) is 2.81. The molecule has 5 nitrogen and oxygen atoms in total.